The molecule has 0 spiro atoms. The molecule has 1 N–H and O–H groups in total. The summed E-state index contributed by atoms with van der Waals surface area (Å²) in [6.07, 6.45) is 0.0478. The van der Waals surface area contributed by atoms with Crippen LogP contribution in [0.2, 0.25) is 0 Å². The summed E-state index contributed by atoms with van der Waals surface area (Å²) in [6, 6.07) is 5.03. The van der Waals surface area contributed by atoms with E-state index in [1.54, 1.807) is 25.3 Å². The second-order valence-electron chi connectivity index (χ2n) is 5.76. The average molecular weight is 279 g/mol. The molecule has 0 radical (unpaired) electrons. The van der Waals surface area contributed by atoms with Gasteiger partial charge in [0, 0.05) is 19.2 Å². The van der Waals surface area contributed by atoms with Crippen LogP contribution < -0.4 is 9.64 Å². The van der Waals surface area contributed by atoms with Crippen LogP contribution in [0.1, 0.15) is 31.1 Å². The van der Waals surface area contributed by atoms with Crippen molar-refractivity contribution in [2.45, 2.75) is 32.5 Å². The Bertz CT molecular complexity index is 513. The van der Waals surface area contributed by atoms with E-state index in [2.05, 4.69) is 4.90 Å². The Balaban J connectivity index is 2.41. The first-order chi connectivity index (χ1) is 9.32. The second-order valence-corrected chi connectivity index (χ2v) is 5.76. The molecule has 0 amide bonds. The Kier molecular flexibility index (Phi) is 3.90. The molecule has 1 heterocycles. The number of carboxylic acid groups (broad SMARTS) is 1. The number of morpholine rings is 1. The van der Waals surface area contributed by atoms with E-state index in [9.17, 15) is 9.90 Å². The van der Waals surface area contributed by atoms with E-state index >= 15 is 0 Å². The molecule has 1 unspecified atom stereocenters. The van der Waals surface area contributed by atoms with Gasteiger partial charge in [-0.3, -0.25) is 0 Å². The van der Waals surface area contributed by atoms with Crippen LogP contribution in [0.5, 0.6) is 5.75 Å². The van der Waals surface area contributed by atoms with Crippen molar-refractivity contribution in [1.29, 1.82) is 0 Å². The number of carbonyl (C=O) groups is 1. The van der Waals surface area contributed by atoms with Crippen molar-refractivity contribution in [3.05, 3.63) is 23.8 Å². The molecular weight excluding hydrogens is 258 g/mol. The Morgan fingerprint density at radius 2 is 2.20 bits per heavy atom. The van der Waals surface area contributed by atoms with Gasteiger partial charge in [0.2, 0.25) is 0 Å². The number of ether oxygens (including phenoxy) is 2. The van der Waals surface area contributed by atoms with Crippen molar-refractivity contribution in [3.63, 3.8) is 0 Å². The highest BCUT2D eigenvalue weighted by Crippen LogP contribution is 2.31. The van der Waals surface area contributed by atoms with Gasteiger partial charge in [0.15, 0.2) is 0 Å². The van der Waals surface area contributed by atoms with Crippen molar-refractivity contribution in [2.75, 3.05) is 25.1 Å². The molecule has 0 saturated carbocycles. The lowest BCUT2D eigenvalue weighted by Crippen LogP contribution is -2.52. The van der Waals surface area contributed by atoms with Crippen LogP contribution in [-0.2, 0) is 4.74 Å². The summed E-state index contributed by atoms with van der Waals surface area (Å²) in [4.78, 5) is 13.5. The van der Waals surface area contributed by atoms with Gasteiger partial charge in [-0.1, -0.05) is 0 Å². The molecule has 5 nitrogen and oxygen atoms in total. The van der Waals surface area contributed by atoms with Gasteiger partial charge < -0.3 is 19.5 Å². The molecule has 110 valence electrons. The minimum absolute atomic E-state index is 0.0478. The Labute approximate surface area is 119 Å². The summed E-state index contributed by atoms with van der Waals surface area (Å²) in [5.74, 6) is -0.276. The lowest BCUT2D eigenvalue weighted by molar-refractivity contribution is -0.0750. The van der Waals surface area contributed by atoms with Crippen molar-refractivity contribution in [2.24, 2.45) is 0 Å². The molecule has 1 saturated heterocycles. The van der Waals surface area contributed by atoms with Crippen LogP contribution in [0.15, 0.2) is 18.2 Å². The molecule has 0 aromatic heterocycles. The number of rotatable bonds is 3. The summed E-state index contributed by atoms with van der Waals surface area (Å²) in [6.45, 7) is 7.32. The summed E-state index contributed by atoms with van der Waals surface area (Å²) in [5.41, 5.74) is 0.659. The molecule has 1 fully saturated rings. The number of methoxy groups -OCH3 is 1. The second kappa shape index (κ2) is 5.32. The van der Waals surface area contributed by atoms with Gasteiger partial charge in [0.05, 0.1) is 30.1 Å². The van der Waals surface area contributed by atoms with Gasteiger partial charge in [0.25, 0.3) is 0 Å². The van der Waals surface area contributed by atoms with Gasteiger partial charge in [-0.25, -0.2) is 4.79 Å². The predicted molar refractivity (Wildman–Crippen MR) is 76.8 cm³/mol. The third kappa shape index (κ3) is 3.04. The Morgan fingerprint density at radius 1 is 1.50 bits per heavy atom. The molecule has 20 heavy (non-hydrogen) atoms. The average Bonchev–Trinajstić information content (AvgIpc) is 2.35. The van der Waals surface area contributed by atoms with Crippen molar-refractivity contribution >= 4 is 11.7 Å². The lowest BCUT2D eigenvalue weighted by atomic mass is 10.0. The number of benzene rings is 1. The van der Waals surface area contributed by atoms with Gasteiger partial charge >= 0.3 is 5.97 Å². The molecular formula is C15H21NO4. The number of carboxylic acids is 1. The molecule has 0 bridgehead atoms. The summed E-state index contributed by atoms with van der Waals surface area (Å²) in [5, 5.41) is 9.36. The Hall–Kier alpha value is -1.75. The van der Waals surface area contributed by atoms with Crippen LogP contribution in [0.25, 0.3) is 0 Å². The normalized spacial score (nSPS) is 21.6. The van der Waals surface area contributed by atoms with Crippen molar-refractivity contribution < 1.29 is 19.4 Å². The fraction of sp³-hybridized carbons (Fsp3) is 0.533. The first kappa shape index (κ1) is 14.7. The fourth-order valence-corrected chi connectivity index (χ4v) is 2.72. The monoisotopic (exact) mass is 279 g/mol. The largest absolute Gasteiger partial charge is 0.497 e. The van der Waals surface area contributed by atoms with Crippen molar-refractivity contribution in [3.8, 4) is 5.75 Å². The van der Waals surface area contributed by atoms with E-state index in [4.69, 9.17) is 9.47 Å². The van der Waals surface area contributed by atoms with Crippen LogP contribution in [0, 0.1) is 0 Å². The zero-order valence-corrected chi connectivity index (χ0v) is 12.3. The predicted octanol–water partition coefficient (Wildman–Crippen LogP) is 2.40. The number of anilines is 1. The quantitative estimate of drug-likeness (QED) is 0.920. The third-order valence-corrected chi connectivity index (χ3v) is 3.35. The van der Waals surface area contributed by atoms with E-state index < -0.39 is 5.97 Å². The van der Waals surface area contributed by atoms with Crippen molar-refractivity contribution in [1.82, 2.24) is 0 Å². The molecule has 1 aliphatic rings. The first-order valence-electron chi connectivity index (χ1n) is 6.66. The van der Waals surface area contributed by atoms with Crippen LogP contribution >= 0.6 is 0 Å². The summed E-state index contributed by atoms with van der Waals surface area (Å²) >= 11 is 0. The van der Waals surface area contributed by atoms with Gasteiger partial charge in [0.1, 0.15) is 5.75 Å². The maximum Gasteiger partial charge on any atom is 0.337 e. The summed E-state index contributed by atoms with van der Waals surface area (Å²) in [7, 11) is 1.57. The molecule has 1 aliphatic heterocycles. The zero-order chi connectivity index (χ0) is 14.9. The molecule has 1 atom stereocenters. The standard InChI is InChI=1S/C15H21NO4/c1-10-8-16(9-15(2,3)20-10)13-7-11(19-4)5-6-12(13)14(17)18/h5-7,10H,8-9H2,1-4H3,(H,17,18). The van der Waals surface area contributed by atoms with Crippen LogP contribution in [0.4, 0.5) is 5.69 Å². The smallest absolute Gasteiger partial charge is 0.337 e. The number of nitrogens with zero attached hydrogens (tertiary/aromatic N) is 1. The SMILES string of the molecule is COc1ccc(C(=O)O)c(N2CC(C)OC(C)(C)C2)c1. The highest BCUT2D eigenvalue weighted by atomic mass is 16.5. The van der Waals surface area contributed by atoms with Gasteiger partial charge in [-0.05, 0) is 32.9 Å². The lowest BCUT2D eigenvalue weighted by Gasteiger charge is -2.43. The Morgan fingerprint density at radius 3 is 2.75 bits per heavy atom. The van der Waals surface area contributed by atoms with E-state index in [0.29, 0.717) is 24.5 Å². The van der Waals surface area contributed by atoms with E-state index in [1.165, 1.54) is 0 Å². The topological polar surface area (TPSA) is 59.0 Å². The van der Waals surface area contributed by atoms with Gasteiger partial charge in [-0.15, -0.1) is 0 Å². The number of aromatic carboxylic acids is 1. The maximum atomic E-state index is 11.4. The molecule has 5 heteroatoms. The zero-order valence-electron chi connectivity index (χ0n) is 12.3. The van der Waals surface area contributed by atoms with E-state index in [1.807, 2.05) is 20.8 Å². The third-order valence-electron chi connectivity index (χ3n) is 3.35. The maximum absolute atomic E-state index is 11.4. The molecule has 2 rings (SSSR count). The molecule has 1 aromatic carbocycles. The highest BCUT2D eigenvalue weighted by molar-refractivity contribution is 5.95. The van der Waals surface area contributed by atoms with Crippen LogP contribution in [0.3, 0.4) is 0 Å². The van der Waals surface area contributed by atoms with Gasteiger partial charge in [-0.2, -0.15) is 0 Å². The molecule has 1 aromatic rings. The highest BCUT2D eigenvalue weighted by Gasteiger charge is 2.33. The summed E-state index contributed by atoms with van der Waals surface area (Å²) < 4.78 is 11.1. The van der Waals surface area contributed by atoms with E-state index in [0.717, 1.165) is 0 Å². The minimum Gasteiger partial charge on any atom is -0.497 e. The number of hydrogen-bond donors (Lipinski definition) is 1. The van der Waals surface area contributed by atoms with E-state index in [-0.39, 0.29) is 17.3 Å². The molecule has 0 aliphatic carbocycles. The minimum atomic E-state index is -0.931. The number of hydrogen-bond acceptors (Lipinski definition) is 4. The van der Waals surface area contributed by atoms with Crippen LogP contribution in [-0.4, -0.2) is 43.0 Å². The fourth-order valence-electron chi connectivity index (χ4n) is 2.72. The first-order valence-corrected chi connectivity index (χ1v) is 6.66.